The molecule has 2 atom stereocenters. The summed E-state index contributed by atoms with van der Waals surface area (Å²) >= 11 is 0. The lowest BCUT2D eigenvalue weighted by atomic mass is 9.89. The summed E-state index contributed by atoms with van der Waals surface area (Å²) in [5, 5.41) is 0. The lowest BCUT2D eigenvalue weighted by Gasteiger charge is -2.25. The molecule has 9 heavy (non-hydrogen) atoms. The summed E-state index contributed by atoms with van der Waals surface area (Å²) in [7, 11) is 1.82. The highest BCUT2D eigenvalue weighted by atomic mass is 16.5. The van der Waals surface area contributed by atoms with E-state index in [9.17, 15) is 0 Å². The van der Waals surface area contributed by atoms with Crippen LogP contribution in [0.4, 0.5) is 0 Å². The van der Waals surface area contributed by atoms with Gasteiger partial charge in [-0.05, 0) is 18.8 Å². The van der Waals surface area contributed by atoms with Gasteiger partial charge in [0.15, 0.2) is 0 Å². The second kappa shape index (κ2) is 3.21. The lowest BCUT2D eigenvalue weighted by Crippen LogP contribution is -2.19. The van der Waals surface area contributed by atoms with Crippen molar-refractivity contribution in [2.24, 2.45) is 5.92 Å². The van der Waals surface area contributed by atoms with Crippen LogP contribution in [0.25, 0.3) is 0 Å². The zero-order valence-corrected chi connectivity index (χ0v) is 6.39. The van der Waals surface area contributed by atoms with Crippen LogP contribution in [-0.4, -0.2) is 13.2 Å². The zero-order chi connectivity index (χ0) is 6.69. The van der Waals surface area contributed by atoms with Gasteiger partial charge in [-0.2, -0.15) is 0 Å². The summed E-state index contributed by atoms with van der Waals surface area (Å²) in [6.45, 7) is 2.31. The molecule has 1 heteroatoms. The van der Waals surface area contributed by atoms with Crippen molar-refractivity contribution in [2.75, 3.05) is 7.11 Å². The normalized spacial score (nSPS) is 36.7. The zero-order valence-electron chi connectivity index (χ0n) is 6.39. The first kappa shape index (κ1) is 7.07. The van der Waals surface area contributed by atoms with E-state index in [-0.39, 0.29) is 0 Å². The van der Waals surface area contributed by atoms with Crippen LogP contribution in [0.2, 0.25) is 0 Å². The van der Waals surface area contributed by atoms with Gasteiger partial charge in [0.1, 0.15) is 0 Å². The van der Waals surface area contributed by atoms with Crippen LogP contribution in [-0.2, 0) is 4.74 Å². The van der Waals surface area contributed by atoms with Crippen LogP contribution in [0.5, 0.6) is 0 Å². The van der Waals surface area contributed by atoms with Crippen molar-refractivity contribution in [2.45, 2.75) is 38.7 Å². The number of rotatable bonds is 1. The highest BCUT2D eigenvalue weighted by molar-refractivity contribution is 4.69. The number of ether oxygens (including phenoxy) is 1. The van der Waals surface area contributed by atoms with Gasteiger partial charge in [0.25, 0.3) is 0 Å². The summed E-state index contributed by atoms with van der Waals surface area (Å²) in [5.74, 6) is 0.892. The van der Waals surface area contributed by atoms with Crippen molar-refractivity contribution in [3.63, 3.8) is 0 Å². The smallest absolute Gasteiger partial charge is 0.0573 e. The van der Waals surface area contributed by atoms with Crippen molar-refractivity contribution in [3.05, 3.63) is 0 Å². The molecule has 0 radical (unpaired) electrons. The maximum atomic E-state index is 5.26. The number of hydrogen-bond donors (Lipinski definition) is 0. The molecule has 0 aromatic rings. The van der Waals surface area contributed by atoms with Crippen LogP contribution in [0.15, 0.2) is 0 Å². The molecule has 0 bridgehead atoms. The molecule has 1 fully saturated rings. The van der Waals surface area contributed by atoms with Gasteiger partial charge in [0.2, 0.25) is 0 Å². The van der Waals surface area contributed by atoms with Gasteiger partial charge in [-0.25, -0.2) is 0 Å². The topological polar surface area (TPSA) is 9.23 Å². The summed E-state index contributed by atoms with van der Waals surface area (Å²) in [5.41, 5.74) is 0. The fourth-order valence-electron chi connectivity index (χ4n) is 1.59. The molecular weight excluding hydrogens is 112 g/mol. The summed E-state index contributed by atoms with van der Waals surface area (Å²) in [4.78, 5) is 0. The van der Waals surface area contributed by atoms with E-state index < -0.39 is 0 Å². The molecule has 1 saturated carbocycles. The maximum absolute atomic E-state index is 5.26. The SMILES string of the molecule is COC1CCCC(C)C1. The van der Waals surface area contributed by atoms with Gasteiger partial charge in [0.05, 0.1) is 6.10 Å². The van der Waals surface area contributed by atoms with Crippen LogP contribution >= 0.6 is 0 Å². The highest BCUT2D eigenvalue weighted by Gasteiger charge is 2.17. The average molecular weight is 128 g/mol. The molecule has 0 heterocycles. The third-order valence-corrected chi connectivity index (χ3v) is 2.22. The average Bonchev–Trinajstić information content (AvgIpc) is 1.88. The second-order valence-corrected chi connectivity index (χ2v) is 3.13. The highest BCUT2D eigenvalue weighted by Crippen LogP contribution is 2.24. The first-order valence-corrected chi connectivity index (χ1v) is 3.85. The standard InChI is InChI=1S/C8H16O/c1-7-4-3-5-8(6-7)9-2/h7-8H,3-6H2,1-2H3. The Balaban J connectivity index is 2.23. The molecule has 0 aromatic heterocycles. The van der Waals surface area contributed by atoms with Crippen LogP contribution in [0.1, 0.15) is 32.6 Å². The third kappa shape index (κ3) is 1.98. The number of methoxy groups -OCH3 is 1. The Morgan fingerprint density at radius 3 is 2.56 bits per heavy atom. The minimum absolute atomic E-state index is 0.564. The number of hydrogen-bond acceptors (Lipinski definition) is 1. The molecule has 0 N–H and O–H groups in total. The molecule has 2 unspecified atom stereocenters. The Morgan fingerprint density at radius 1 is 1.33 bits per heavy atom. The van der Waals surface area contributed by atoms with Crippen LogP contribution in [0, 0.1) is 5.92 Å². The summed E-state index contributed by atoms with van der Waals surface area (Å²) in [6, 6.07) is 0. The van der Waals surface area contributed by atoms with Gasteiger partial charge >= 0.3 is 0 Å². The van der Waals surface area contributed by atoms with Crippen molar-refractivity contribution < 1.29 is 4.74 Å². The fourth-order valence-corrected chi connectivity index (χ4v) is 1.59. The van der Waals surface area contributed by atoms with E-state index in [0.717, 1.165) is 5.92 Å². The van der Waals surface area contributed by atoms with Crippen molar-refractivity contribution >= 4 is 0 Å². The quantitative estimate of drug-likeness (QED) is 0.526. The van der Waals surface area contributed by atoms with Crippen LogP contribution < -0.4 is 0 Å². The second-order valence-electron chi connectivity index (χ2n) is 3.13. The Hall–Kier alpha value is -0.0400. The Labute approximate surface area is 57.4 Å². The van der Waals surface area contributed by atoms with E-state index in [4.69, 9.17) is 4.74 Å². The van der Waals surface area contributed by atoms with E-state index in [2.05, 4.69) is 6.92 Å². The fraction of sp³-hybridized carbons (Fsp3) is 1.00. The molecular formula is C8H16O. The molecule has 1 aliphatic rings. The predicted octanol–water partition coefficient (Wildman–Crippen LogP) is 2.21. The van der Waals surface area contributed by atoms with Gasteiger partial charge in [-0.3, -0.25) is 0 Å². The minimum atomic E-state index is 0.564. The maximum Gasteiger partial charge on any atom is 0.0573 e. The molecule has 1 aliphatic carbocycles. The molecule has 0 aromatic carbocycles. The predicted molar refractivity (Wildman–Crippen MR) is 38.4 cm³/mol. The van der Waals surface area contributed by atoms with E-state index in [0.29, 0.717) is 6.10 Å². The van der Waals surface area contributed by atoms with E-state index in [1.807, 2.05) is 7.11 Å². The molecule has 1 nitrogen and oxygen atoms in total. The molecule has 0 aliphatic heterocycles. The largest absolute Gasteiger partial charge is 0.381 e. The first-order chi connectivity index (χ1) is 4.33. The van der Waals surface area contributed by atoms with Gasteiger partial charge in [-0.15, -0.1) is 0 Å². The van der Waals surface area contributed by atoms with Crippen LogP contribution in [0.3, 0.4) is 0 Å². The van der Waals surface area contributed by atoms with Gasteiger partial charge < -0.3 is 4.74 Å². The lowest BCUT2D eigenvalue weighted by molar-refractivity contribution is 0.0542. The Bertz CT molecular complexity index is 80.6. The van der Waals surface area contributed by atoms with E-state index in [1.54, 1.807) is 0 Å². The third-order valence-electron chi connectivity index (χ3n) is 2.22. The Kier molecular flexibility index (Phi) is 2.52. The van der Waals surface area contributed by atoms with E-state index in [1.165, 1.54) is 25.7 Å². The van der Waals surface area contributed by atoms with Crippen molar-refractivity contribution in [3.8, 4) is 0 Å². The Morgan fingerprint density at radius 2 is 2.11 bits per heavy atom. The van der Waals surface area contributed by atoms with E-state index >= 15 is 0 Å². The first-order valence-electron chi connectivity index (χ1n) is 3.85. The van der Waals surface area contributed by atoms with Gasteiger partial charge in [0, 0.05) is 7.11 Å². The monoisotopic (exact) mass is 128 g/mol. The summed E-state index contributed by atoms with van der Waals surface area (Å²) in [6.07, 6.45) is 5.88. The molecule has 0 amide bonds. The molecule has 0 saturated heterocycles. The van der Waals surface area contributed by atoms with Crippen molar-refractivity contribution in [1.29, 1.82) is 0 Å². The molecule has 1 rings (SSSR count). The molecule has 54 valence electrons. The summed E-state index contributed by atoms with van der Waals surface area (Å²) < 4.78 is 5.26. The molecule has 0 spiro atoms. The van der Waals surface area contributed by atoms with Crippen molar-refractivity contribution in [1.82, 2.24) is 0 Å². The minimum Gasteiger partial charge on any atom is -0.381 e. The van der Waals surface area contributed by atoms with Gasteiger partial charge in [-0.1, -0.05) is 19.8 Å².